The molecule has 1 aliphatic rings. The fraction of sp³-hybridized carbons (Fsp3) is 0.0222. The monoisotopic (exact) mass is 837 g/mol. The first-order valence-electron chi connectivity index (χ1n) is 16.6. The number of para-hydroxylation sites is 2. The van der Waals surface area contributed by atoms with Crippen molar-refractivity contribution in [2.75, 3.05) is 4.90 Å². The quantitative estimate of drug-likeness (QED) is 0.143. The number of anilines is 3. The Morgan fingerprint density at radius 3 is 1.86 bits per heavy atom. The zero-order chi connectivity index (χ0) is 33.3. The van der Waals surface area contributed by atoms with E-state index in [2.05, 4.69) is 113 Å². The van der Waals surface area contributed by atoms with Crippen LogP contribution in [0, 0.1) is 12.3 Å². The van der Waals surface area contributed by atoms with Crippen molar-refractivity contribution >= 4 is 17.1 Å². The van der Waals surface area contributed by atoms with Gasteiger partial charge in [0, 0.05) is 35.2 Å². The van der Waals surface area contributed by atoms with Gasteiger partial charge in [0.2, 0.25) is 0 Å². The smallest absolute Gasteiger partial charge is 0.502 e. The van der Waals surface area contributed by atoms with Gasteiger partial charge < -0.3 is 14.2 Å². The van der Waals surface area contributed by atoms with Crippen molar-refractivity contribution in [2.24, 2.45) is 0 Å². The molecule has 3 heterocycles. The van der Waals surface area contributed by atoms with Crippen molar-refractivity contribution < 1.29 is 25.8 Å². The molecule has 246 valence electrons. The zero-order valence-corrected chi connectivity index (χ0v) is 29.6. The van der Waals surface area contributed by atoms with Crippen molar-refractivity contribution in [3.05, 3.63) is 217 Å². The molecule has 3 aromatic heterocycles. The normalized spacial score (nSPS) is 12.3. The van der Waals surface area contributed by atoms with Gasteiger partial charge in [0.1, 0.15) is 0 Å². The van der Waals surface area contributed by atoms with E-state index < -0.39 is 5.41 Å². The average molecular weight is 838 g/mol. The topological polar surface area (TPSA) is 43.2 Å². The summed E-state index contributed by atoms with van der Waals surface area (Å²) in [6.07, 6.45) is 8.97. The first-order valence-corrected chi connectivity index (χ1v) is 16.6. The molecule has 0 amide bonds. The van der Waals surface area contributed by atoms with Crippen LogP contribution in [0.25, 0.3) is 16.9 Å². The minimum Gasteiger partial charge on any atom is -0.502 e. The summed E-state index contributed by atoms with van der Waals surface area (Å²) in [5.74, 6) is 1.88. The maximum absolute atomic E-state index is 6.46. The molecule has 0 saturated heterocycles. The Labute approximate surface area is 311 Å². The minimum absolute atomic E-state index is 0. The molecule has 9 rings (SSSR count). The summed E-state index contributed by atoms with van der Waals surface area (Å²) < 4.78 is 8.32. The molecule has 0 spiro atoms. The number of fused-ring (bicyclic) bond motifs is 3. The second kappa shape index (κ2) is 13.7. The van der Waals surface area contributed by atoms with Crippen LogP contribution in [-0.2, 0) is 26.5 Å². The van der Waals surface area contributed by atoms with Crippen molar-refractivity contribution in [1.82, 2.24) is 14.5 Å². The van der Waals surface area contributed by atoms with Gasteiger partial charge in [-0.2, -0.15) is 12.1 Å². The second-order valence-electron chi connectivity index (χ2n) is 12.1. The summed E-state index contributed by atoms with van der Waals surface area (Å²) in [5.41, 5.74) is 9.10. The van der Waals surface area contributed by atoms with Gasteiger partial charge in [-0.1, -0.05) is 91.0 Å². The van der Waals surface area contributed by atoms with Gasteiger partial charge in [0.15, 0.2) is 0 Å². The summed E-state index contributed by atoms with van der Waals surface area (Å²) in [6.45, 7) is 0. The molecule has 0 aliphatic heterocycles. The van der Waals surface area contributed by atoms with E-state index in [1.165, 1.54) is 22.3 Å². The van der Waals surface area contributed by atoms with Crippen LogP contribution in [-0.4, -0.2) is 14.5 Å². The van der Waals surface area contributed by atoms with Crippen molar-refractivity contribution in [1.29, 1.82) is 0 Å². The molecule has 1 aliphatic carbocycles. The van der Waals surface area contributed by atoms with Gasteiger partial charge in [-0.05, 0) is 77.0 Å². The SMILES string of the molecule is [Pt+2].[c-]1c(Oc2[c-]n(-c3cc(N(c4ccccc4)c4ccccc4)ccn3)cc2)cccc1C1(c2ccccn2)c2ccccc2-c2ccccc21. The Bertz CT molecular complexity index is 2340. The molecule has 51 heavy (non-hydrogen) atoms. The maximum Gasteiger partial charge on any atom is 2.00 e. The standard InChI is InChI=1S/C45H30N4O.Pt/c1-3-15-34(16-4-1)49(35-17-5-2-6-18-35)36-25-28-47-44(31-36)48-29-26-38(32-48)50-37-19-13-14-33(30-37)45(43-24-11-12-27-46-43)41-22-9-7-20-39(41)40-21-8-10-23-42(40)45;/h1-29,31H;/q-2;+2. The van der Waals surface area contributed by atoms with E-state index in [4.69, 9.17) is 9.72 Å². The Morgan fingerprint density at radius 2 is 1.20 bits per heavy atom. The number of rotatable bonds is 8. The Morgan fingerprint density at radius 1 is 0.549 bits per heavy atom. The summed E-state index contributed by atoms with van der Waals surface area (Å²) in [6, 6.07) is 59.7. The third-order valence-corrected chi connectivity index (χ3v) is 9.26. The first kappa shape index (κ1) is 32.2. The number of pyridine rings is 2. The summed E-state index contributed by atoms with van der Waals surface area (Å²) in [5, 5.41) is 0. The van der Waals surface area contributed by atoms with E-state index in [0.717, 1.165) is 34.1 Å². The minimum atomic E-state index is -0.656. The number of hydrogen-bond donors (Lipinski definition) is 0. The van der Waals surface area contributed by atoms with Crippen LogP contribution < -0.4 is 9.64 Å². The van der Waals surface area contributed by atoms with Crippen LogP contribution >= 0.6 is 0 Å². The van der Waals surface area contributed by atoms with Crippen molar-refractivity contribution in [3.63, 3.8) is 0 Å². The fourth-order valence-electron chi connectivity index (χ4n) is 7.17. The van der Waals surface area contributed by atoms with Crippen LogP contribution in [0.5, 0.6) is 11.5 Å². The molecule has 0 fully saturated rings. The Hall–Kier alpha value is -6.03. The van der Waals surface area contributed by atoms with Crippen LogP contribution in [0.2, 0.25) is 0 Å². The van der Waals surface area contributed by atoms with Crippen LogP contribution in [0.4, 0.5) is 17.1 Å². The molecule has 0 atom stereocenters. The number of nitrogens with zero attached hydrogens (tertiary/aromatic N) is 4. The van der Waals surface area contributed by atoms with Crippen LogP contribution in [0.1, 0.15) is 22.4 Å². The number of benzene rings is 5. The Balaban J connectivity index is 0.00000374. The molecule has 8 aromatic rings. The van der Waals surface area contributed by atoms with Gasteiger partial charge in [-0.15, -0.1) is 30.0 Å². The van der Waals surface area contributed by atoms with Crippen LogP contribution in [0.15, 0.2) is 182 Å². The number of hydrogen-bond acceptors (Lipinski definition) is 4. The third-order valence-electron chi connectivity index (χ3n) is 9.26. The molecule has 0 radical (unpaired) electrons. The van der Waals surface area contributed by atoms with Crippen LogP contribution in [0.3, 0.4) is 0 Å². The first-order chi connectivity index (χ1) is 24.8. The third kappa shape index (κ3) is 5.66. The zero-order valence-electron chi connectivity index (χ0n) is 27.3. The molecule has 6 heteroatoms. The van der Waals surface area contributed by atoms with E-state index in [1.807, 2.05) is 96.0 Å². The predicted molar refractivity (Wildman–Crippen MR) is 198 cm³/mol. The molecule has 0 saturated carbocycles. The molecule has 5 aromatic carbocycles. The van der Waals surface area contributed by atoms with Gasteiger partial charge in [-0.25, -0.2) is 0 Å². The van der Waals surface area contributed by atoms with Gasteiger partial charge in [-0.3, -0.25) is 9.97 Å². The molecular formula is C45H30N4OPt. The van der Waals surface area contributed by atoms with Crippen molar-refractivity contribution in [2.45, 2.75) is 5.41 Å². The molecule has 0 unspecified atom stereocenters. The molecule has 0 bridgehead atoms. The van der Waals surface area contributed by atoms with Crippen molar-refractivity contribution in [3.8, 4) is 28.4 Å². The van der Waals surface area contributed by atoms with Gasteiger partial charge >= 0.3 is 21.1 Å². The van der Waals surface area contributed by atoms with E-state index >= 15 is 0 Å². The second-order valence-corrected chi connectivity index (χ2v) is 12.1. The van der Waals surface area contributed by atoms with E-state index in [0.29, 0.717) is 11.5 Å². The summed E-state index contributed by atoms with van der Waals surface area (Å²) >= 11 is 0. The maximum atomic E-state index is 6.46. The Kier molecular flexibility index (Phi) is 8.65. The predicted octanol–water partition coefficient (Wildman–Crippen LogP) is 10.5. The number of ether oxygens (including phenoxy) is 1. The largest absolute Gasteiger partial charge is 2.00 e. The molecule has 0 N–H and O–H groups in total. The van der Waals surface area contributed by atoms with Gasteiger partial charge in [0.25, 0.3) is 0 Å². The molecule has 5 nitrogen and oxygen atoms in total. The molecular weight excluding hydrogens is 808 g/mol. The van der Waals surface area contributed by atoms with E-state index in [9.17, 15) is 0 Å². The number of aromatic nitrogens is 3. The summed E-state index contributed by atoms with van der Waals surface area (Å²) in [4.78, 5) is 11.8. The van der Waals surface area contributed by atoms with E-state index in [1.54, 1.807) is 0 Å². The fourth-order valence-corrected chi connectivity index (χ4v) is 7.17. The summed E-state index contributed by atoms with van der Waals surface area (Å²) in [7, 11) is 0. The van der Waals surface area contributed by atoms with Gasteiger partial charge in [0.05, 0.1) is 22.7 Å². The van der Waals surface area contributed by atoms with E-state index in [-0.39, 0.29) is 21.1 Å². The average Bonchev–Trinajstić information content (AvgIpc) is 3.78.